The molecule has 0 aliphatic heterocycles. The molecule has 0 atom stereocenters. The van der Waals surface area contributed by atoms with Crippen LogP contribution < -0.4 is 15.8 Å². The molecule has 3 rings (SSSR count). The van der Waals surface area contributed by atoms with Gasteiger partial charge in [0.05, 0.1) is 11.3 Å². The van der Waals surface area contributed by atoms with Crippen LogP contribution in [0.3, 0.4) is 0 Å². The Labute approximate surface area is 152 Å². The molecule has 0 saturated heterocycles. The van der Waals surface area contributed by atoms with Crippen molar-refractivity contribution in [2.24, 2.45) is 0 Å². The zero-order valence-electron chi connectivity index (χ0n) is 14.6. The van der Waals surface area contributed by atoms with Gasteiger partial charge in [0.2, 0.25) is 0 Å². The van der Waals surface area contributed by atoms with E-state index in [2.05, 4.69) is 11.4 Å². The van der Waals surface area contributed by atoms with Crippen molar-refractivity contribution in [2.75, 3.05) is 11.1 Å². The van der Waals surface area contributed by atoms with Crippen molar-refractivity contribution in [2.45, 2.75) is 13.8 Å². The van der Waals surface area contributed by atoms with Crippen molar-refractivity contribution in [3.63, 3.8) is 0 Å². The molecule has 26 heavy (non-hydrogen) atoms. The number of anilines is 2. The number of para-hydroxylation sites is 1. The van der Waals surface area contributed by atoms with E-state index in [1.54, 1.807) is 30.3 Å². The first-order chi connectivity index (χ1) is 12.4. The van der Waals surface area contributed by atoms with Crippen LogP contribution in [-0.2, 0) is 0 Å². The number of ether oxygens (including phenoxy) is 1. The zero-order chi connectivity index (χ0) is 18.7. The number of aromatic hydroxyl groups is 1. The minimum atomic E-state index is -0.433. The number of amides is 1. The van der Waals surface area contributed by atoms with Gasteiger partial charge in [-0.05, 0) is 61.9 Å². The third-order valence-electron chi connectivity index (χ3n) is 3.98. The normalized spacial score (nSPS) is 10.4. The lowest BCUT2D eigenvalue weighted by Crippen LogP contribution is -2.12. The molecule has 0 aliphatic carbocycles. The fraction of sp³-hybridized carbons (Fsp3) is 0.0952. The number of aryl methyl sites for hydroxylation is 2. The second kappa shape index (κ2) is 7.19. The van der Waals surface area contributed by atoms with Crippen molar-refractivity contribution in [3.8, 4) is 17.2 Å². The van der Waals surface area contributed by atoms with Crippen LogP contribution in [0.15, 0.2) is 60.7 Å². The Morgan fingerprint density at radius 2 is 1.77 bits per heavy atom. The minimum Gasteiger partial charge on any atom is -0.505 e. The Hall–Kier alpha value is -3.47. The highest BCUT2D eigenvalue weighted by molar-refractivity contribution is 6.07. The molecule has 5 nitrogen and oxygen atoms in total. The quantitative estimate of drug-likeness (QED) is 0.474. The Kier molecular flexibility index (Phi) is 4.80. The van der Waals surface area contributed by atoms with Crippen molar-refractivity contribution in [1.82, 2.24) is 0 Å². The predicted octanol–water partition coefficient (Wildman–Crippen LogP) is 4.64. The summed E-state index contributed by atoms with van der Waals surface area (Å²) in [7, 11) is 0. The standard InChI is InChI=1S/C21H20N2O3/c1-13-6-11-19(14(2)12-13)26-16-9-7-15(8-10-16)23-21(25)17-4-3-5-18(22)20(17)24/h3-12,24H,22H2,1-2H3,(H,23,25). The SMILES string of the molecule is Cc1ccc(Oc2ccc(NC(=O)c3cccc(N)c3O)cc2)c(C)c1. The number of benzene rings is 3. The van der Waals surface area contributed by atoms with Crippen LogP contribution in [0.4, 0.5) is 11.4 Å². The number of nitrogens with one attached hydrogen (secondary N) is 1. The molecule has 0 aliphatic rings. The molecule has 0 spiro atoms. The van der Waals surface area contributed by atoms with Gasteiger partial charge >= 0.3 is 0 Å². The lowest BCUT2D eigenvalue weighted by atomic mass is 10.1. The summed E-state index contributed by atoms with van der Waals surface area (Å²) in [6.07, 6.45) is 0. The summed E-state index contributed by atoms with van der Waals surface area (Å²) in [5.41, 5.74) is 8.73. The van der Waals surface area contributed by atoms with Gasteiger partial charge in [0.15, 0.2) is 5.75 Å². The van der Waals surface area contributed by atoms with E-state index in [0.717, 1.165) is 11.3 Å². The summed E-state index contributed by atoms with van der Waals surface area (Å²) in [4.78, 5) is 12.3. The summed E-state index contributed by atoms with van der Waals surface area (Å²) in [6.45, 7) is 4.03. The molecule has 0 saturated carbocycles. The minimum absolute atomic E-state index is 0.126. The molecule has 5 heteroatoms. The number of rotatable bonds is 4. The lowest BCUT2D eigenvalue weighted by Gasteiger charge is -2.11. The smallest absolute Gasteiger partial charge is 0.259 e. The van der Waals surface area contributed by atoms with Gasteiger partial charge in [-0.2, -0.15) is 0 Å². The largest absolute Gasteiger partial charge is 0.505 e. The van der Waals surface area contributed by atoms with Crippen LogP contribution in [0.1, 0.15) is 21.5 Å². The van der Waals surface area contributed by atoms with Gasteiger partial charge in [-0.3, -0.25) is 4.79 Å². The van der Waals surface area contributed by atoms with Gasteiger partial charge in [-0.1, -0.05) is 23.8 Å². The molecule has 0 fully saturated rings. The summed E-state index contributed by atoms with van der Waals surface area (Å²) in [5.74, 6) is 0.802. The average molecular weight is 348 g/mol. The number of carbonyl (C=O) groups excluding carboxylic acids is 1. The van der Waals surface area contributed by atoms with Crippen molar-refractivity contribution >= 4 is 17.3 Å². The van der Waals surface area contributed by atoms with Gasteiger partial charge in [0, 0.05) is 5.69 Å². The van der Waals surface area contributed by atoms with Gasteiger partial charge in [-0.25, -0.2) is 0 Å². The monoisotopic (exact) mass is 348 g/mol. The molecule has 3 aromatic carbocycles. The molecule has 4 N–H and O–H groups in total. The molecule has 0 unspecified atom stereocenters. The first-order valence-corrected chi connectivity index (χ1v) is 8.18. The Balaban J connectivity index is 1.71. The molecule has 0 heterocycles. The van der Waals surface area contributed by atoms with E-state index in [1.807, 2.05) is 26.0 Å². The van der Waals surface area contributed by atoms with E-state index in [4.69, 9.17) is 10.5 Å². The van der Waals surface area contributed by atoms with Crippen LogP contribution in [0, 0.1) is 13.8 Å². The van der Waals surface area contributed by atoms with Gasteiger partial charge < -0.3 is 20.9 Å². The fourth-order valence-electron chi connectivity index (χ4n) is 2.59. The molecule has 0 radical (unpaired) electrons. The van der Waals surface area contributed by atoms with Crippen LogP contribution >= 0.6 is 0 Å². The summed E-state index contributed by atoms with van der Waals surface area (Å²) in [6, 6.07) is 17.7. The Bertz CT molecular complexity index is 950. The van der Waals surface area contributed by atoms with Crippen LogP contribution in [0.5, 0.6) is 17.2 Å². The molecule has 3 aromatic rings. The lowest BCUT2D eigenvalue weighted by molar-refractivity contribution is 0.102. The summed E-state index contributed by atoms with van der Waals surface area (Å²) < 4.78 is 5.87. The number of nitrogens with two attached hydrogens (primary N) is 1. The van der Waals surface area contributed by atoms with Crippen molar-refractivity contribution in [3.05, 3.63) is 77.4 Å². The Morgan fingerprint density at radius 1 is 1.04 bits per heavy atom. The highest BCUT2D eigenvalue weighted by atomic mass is 16.5. The third-order valence-corrected chi connectivity index (χ3v) is 3.98. The Morgan fingerprint density at radius 3 is 2.46 bits per heavy atom. The zero-order valence-corrected chi connectivity index (χ0v) is 14.6. The number of hydrogen-bond acceptors (Lipinski definition) is 4. The highest BCUT2D eigenvalue weighted by Crippen LogP contribution is 2.28. The highest BCUT2D eigenvalue weighted by Gasteiger charge is 2.13. The first-order valence-electron chi connectivity index (χ1n) is 8.18. The molecular weight excluding hydrogens is 328 g/mol. The summed E-state index contributed by atoms with van der Waals surface area (Å²) in [5, 5.41) is 12.6. The van der Waals surface area contributed by atoms with Crippen molar-refractivity contribution < 1.29 is 14.6 Å². The van der Waals surface area contributed by atoms with Crippen LogP contribution in [0.2, 0.25) is 0 Å². The van der Waals surface area contributed by atoms with Gasteiger partial charge in [0.25, 0.3) is 5.91 Å². The maximum absolute atomic E-state index is 12.3. The number of carbonyl (C=O) groups is 1. The second-order valence-corrected chi connectivity index (χ2v) is 6.09. The topological polar surface area (TPSA) is 84.6 Å². The summed E-state index contributed by atoms with van der Waals surface area (Å²) >= 11 is 0. The molecule has 0 bridgehead atoms. The third kappa shape index (κ3) is 3.78. The van der Waals surface area contributed by atoms with E-state index < -0.39 is 5.91 Å². The van der Waals surface area contributed by atoms with E-state index in [9.17, 15) is 9.90 Å². The fourth-order valence-corrected chi connectivity index (χ4v) is 2.59. The van der Waals surface area contributed by atoms with Crippen LogP contribution in [0.25, 0.3) is 0 Å². The molecular formula is C21H20N2O3. The van der Waals surface area contributed by atoms with Crippen molar-refractivity contribution in [1.29, 1.82) is 0 Å². The van der Waals surface area contributed by atoms with Gasteiger partial charge in [0.1, 0.15) is 11.5 Å². The predicted molar refractivity (Wildman–Crippen MR) is 103 cm³/mol. The second-order valence-electron chi connectivity index (χ2n) is 6.09. The first kappa shape index (κ1) is 17.4. The number of hydrogen-bond donors (Lipinski definition) is 3. The van der Waals surface area contributed by atoms with E-state index in [1.165, 1.54) is 17.7 Å². The molecule has 0 aromatic heterocycles. The number of phenols is 1. The van der Waals surface area contributed by atoms with Crippen LogP contribution in [-0.4, -0.2) is 11.0 Å². The average Bonchev–Trinajstić information content (AvgIpc) is 2.61. The molecule has 1 amide bonds. The van der Waals surface area contributed by atoms with E-state index >= 15 is 0 Å². The molecule has 132 valence electrons. The van der Waals surface area contributed by atoms with E-state index in [0.29, 0.717) is 11.4 Å². The van der Waals surface area contributed by atoms with Gasteiger partial charge in [-0.15, -0.1) is 0 Å². The number of nitrogen functional groups attached to an aromatic ring is 1. The van der Waals surface area contributed by atoms with E-state index in [-0.39, 0.29) is 17.0 Å². The number of phenolic OH excluding ortho intramolecular Hbond substituents is 1. The maximum Gasteiger partial charge on any atom is 0.259 e. The maximum atomic E-state index is 12.3.